The number of pyridine rings is 1. The van der Waals surface area contributed by atoms with Crippen molar-refractivity contribution in [2.24, 2.45) is 0 Å². The molecule has 2 aromatic heterocycles. The fraction of sp³-hybridized carbons (Fsp3) is 0.278. The van der Waals surface area contributed by atoms with E-state index in [0.717, 1.165) is 22.9 Å². The van der Waals surface area contributed by atoms with Crippen molar-refractivity contribution >= 4 is 0 Å². The number of aryl methyl sites for hydroxylation is 2. The summed E-state index contributed by atoms with van der Waals surface area (Å²) in [5.74, 6) is 2.01. The fourth-order valence-corrected chi connectivity index (χ4v) is 2.67. The largest absolute Gasteiger partial charge is 0.360 e. The van der Waals surface area contributed by atoms with Crippen LogP contribution in [0.3, 0.4) is 0 Å². The van der Waals surface area contributed by atoms with Gasteiger partial charge in [0.1, 0.15) is 5.82 Å². The molecule has 3 aromatic rings. The van der Waals surface area contributed by atoms with Gasteiger partial charge in [-0.2, -0.15) is 5.10 Å². The second kappa shape index (κ2) is 7.16. The van der Waals surface area contributed by atoms with Crippen molar-refractivity contribution in [2.75, 3.05) is 0 Å². The van der Waals surface area contributed by atoms with Gasteiger partial charge in [-0.15, -0.1) is 17.2 Å². The fourth-order valence-electron chi connectivity index (χ4n) is 2.67. The molecule has 0 N–H and O–H groups in total. The third-order valence-corrected chi connectivity index (χ3v) is 3.71. The van der Waals surface area contributed by atoms with E-state index in [-0.39, 0.29) is 26.0 Å². The number of aromatic nitrogens is 4. The van der Waals surface area contributed by atoms with Crippen molar-refractivity contribution in [3.63, 3.8) is 0 Å². The second-order valence-electron chi connectivity index (χ2n) is 5.76. The van der Waals surface area contributed by atoms with Gasteiger partial charge in [-0.25, -0.2) is 0 Å². The minimum Gasteiger partial charge on any atom is -0.360 e. The molecule has 0 atom stereocenters. The van der Waals surface area contributed by atoms with Crippen LogP contribution in [0.4, 0.5) is 0 Å². The van der Waals surface area contributed by atoms with Gasteiger partial charge in [0.05, 0.1) is 5.82 Å². The maximum atomic E-state index is 4.42. The maximum Gasteiger partial charge on any atom is 0.131 e. The molecule has 0 aliphatic heterocycles. The monoisotopic (exact) mass is 484 g/mol. The molecule has 1 radical (unpaired) electrons. The molecule has 121 valence electrons. The Morgan fingerprint density at radius 3 is 2.35 bits per heavy atom. The summed E-state index contributed by atoms with van der Waals surface area (Å²) in [5.41, 5.74) is 4.40. The first-order valence-corrected chi connectivity index (χ1v) is 7.43. The number of rotatable bonds is 3. The van der Waals surface area contributed by atoms with Crippen molar-refractivity contribution in [2.45, 2.75) is 33.6 Å². The average Bonchev–Trinajstić information content (AvgIpc) is 2.93. The van der Waals surface area contributed by atoms with Crippen LogP contribution >= 0.6 is 0 Å². The van der Waals surface area contributed by atoms with Crippen LogP contribution in [0.15, 0.2) is 36.7 Å². The van der Waals surface area contributed by atoms with Gasteiger partial charge in [-0.05, 0) is 25.0 Å². The van der Waals surface area contributed by atoms with E-state index in [4.69, 9.17) is 0 Å². The van der Waals surface area contributed by atoms with E-state index < -0.39 is 0 Å². The number of hydrogen-bond donors (Lipinski definition) is 0. The third-order valence-electron chi connectivity index (χ3n) is 3.71. The molecule has 0 saturated heterocycles. The first-order valence-electron chi connectivity index (χ1n) is 7.43. The Balaban J connectivity index is 0.00000192. The first-order chi connectivity index (χ1) is 10.6. The van der Waals surface area contributed by atoms with Gasteiger partial charge in [0, 0.05) is 31.7 Å². The van der Waals surface area contributed by atoms with Crippen LogP contribution in [0.1, 0.15) is 36.7 Å². The van der Waals surface area contributed by atoms with E-state index in [2.05, 4.69) is 71.7 Å². The Morgan fingerprint density at radius 2 is 1.78 bits per heavy atom. The topological polar surface area (TPSA) is 43.6 Å². The summed E-state index contributed by atoms with van der Waals surface area (Å²) in [6.45, 7) is 8.49. The Labute approximate surface area is 150 Å². The van der Waals surface area contributed by atoms with Crippen molar-refractivity contribution in [3.05, 3.63) is 59.7 Å². The first kappa shape index (κ1) is 17.5. The Hall–Kier alpha value is -1.84. The standard InChI is InChI=1S/C18H19N4.Ir/c1-12(2)17-20-21-18(15-9-6-10-19-11-15)22(17)16-13(3)7-5-8-14(16)4;/h5-8,10-12H,1-4H3;/q-1;. The van der Waals surface area contributed by atoms with Gasteiger partial charge < -0.3 is 9.55 Å². The molecule has 0 fully saturated rings. The molecule has 0 spiro atoms. The minimum atomic E-state index is 0. The normalized spacial score (nSPS) is 10.7. The van der Waals surface area contributed by atoms with E-state index in [1.165, 1.54) is 11.1 Å². The predicted octanol–water partition coefficient (Wildman–Crippen LogP) is 3.87. The van der Waals surface area contributed by atoms with Crippen LogP contribution in [0.5, 0.6) is 0 Å². The molecule has 0 unspecified atom stereocenters. The summed E-state index contributed by atoms with van der Waals surface area (Å²) in [6.07, 6.45) is 3.49. The molecular formula is C18H19IrN4-. The molecule has 4 nitrogen and oxygen atoms in total. The third kappa shape index (κ3) is 3.26. The van der Waals surface area contributed by atoms with Gasteiger partial charge >= 0.3 is 0 Å². The molecule has 5 heteroatoms. The zero-order chi connectivity index (χ0) is 15.7. The van der Waals surface area contributed by atoms with Gasteiger partial charge in [0.2, 0.25) is 0 Å². The minimum absolute atomic E-state index is 0. The van der Waals surface area contributed by atoms with Crippen molar-refractivity contribution in [1.82, 2.24) is 19.7 Å². The summed E-state index contributed by atoms with van der Waals surface area (Å²) in [6, 6.07) is 11.3. The Kier molecular flexibility index (Phi) is 5.45. The molecule has 2 heterocycles. The molecule has 0 saturated carbocycles. The van der Waals surface area contributed by atoms with Crippen molar-refractivity contribution < 1.29 is 20.1 Å². The van der Waals surface area contributed by atoms with Gasteiger partial charge in [0.25, 0.3) is 0 Å². The van der Waals surface area contributed by atoms with Crippen LogP contribution in [0.25, 0.3) is 17.1 Å². The number of benzene rings is 1. The van der Waals surface area contributed by atoms with Crippen molar-refractivity contribution in [3.8, 4) is 17.1 Å². The Morgan fingerprint density at radius 1 is 1.09 bits per heavy atom. The van der Waals surface area contributed by atoms with Gasteiger partial charge in [0.15, 0.2) is 0 Å². The smallest absolute Gasteiger partial charge is 0.131 e. The van der Waals surface area contributed by atoms with Gasteiger partial charge in [-0.3, -0.25) is 0 Å². The summed E-state index contributed by atoms with van der Waals surface area (Å²) < 4.78 is 2.14. The maximum absolute atomic E-state index is 4.42. The number of para-hydroxylation sites is 1. The molecule has 1 aromatic carbocycles. The second-order valence-corrected chi connectivity index (χ2v) is 5.76. The molecule has 0 aliphatic rings. The van der Waals surface area contributed by atoms with Crippen LogP contribution in [0.2, 0.25) is 0 Å². The van der Waals surface area contributed by atoms with Crippen LogP contribution in [-0.4, -0.2) is 19.7 Å². The quantitative estimate of drug-likeness (QED) is 0.532. The molecule has 0 bridgehead atoms. The van der Waals surface area contributed by atoms with E-state index >= 15 is 0 Å². The van der Waals surface area contributed by atoms with Crippen molar-refractivity contribution in [1.29, 1.82) is 0 Å². The van der Waals surface area contributed by atoms with Crippen LogP contribution in [-0.2, 0) is 20.1 Å². The van der Waals surface area contributed by atoms with E-state index in [1.807, 2.05) is 0 Å². The zero-order valence-electron chi connectivity index (χ0n) is 13.7. The van der Waals surface area contributed by atoms with E-state index in [1.54, 1.807) is 18.5 Å². The average molecular weight is 484 g/mol. The molecule has 0 amide bonds. The number of hydrogen-bond acceptors (Lipinski definition) is 3. The summed E-state index contributed by atoms with van der Waals surface area (Å²) in [7, 11) is 0. The summed E-state index contributed by atoms with van der Waals surface area (Å²) in [4.78, 5) is 4.18. The molecule has 0 aliphatic carbocycles. The van der Waals surface area contributed by atoms with E-state index in [9.17, 15) is 0 Å². The predicted molar refractivity (Wildman–Crippen MR) is 87.0 cm³/mol. The molecule has 3 rings (SSSR count). The van der Waals surface area contributed by atoms with E-state index in [0.29, 0.717) is 0 Å². The Bertz CT molecular complexity index is 774. The summed E-state index contributed by atoms with van der Waals surface area (Å²) in [5, 5.41) is 8.82. The molecular weight excluding hydrogens is 464 g/mol. The number of nitrogens with zero attached hydrogens (tertiary/aromatic N) is 4. The molecule has 23 heavy (non-hydrogen) atoms. The van der Waals surface area contributed by atoms with Crippen LogP contribution in [0, 0.1) is 19.9 Å². The van der Waals surface area contributed by atoms with Gasteiger partial charge in [-0.1, -0.05) is 50.0 Å². The zero-order valence-corrected chi connectivity index (χ0v) is 16.1. The SMILES string of the molecule is Cc1cccc(C)c1-n1c(-c2[c-]ccnc2)nnc1C(C)C.[Ir]. The summed E-state index contributed by atoms with van der Waals surface area (Å²) >= 11 is 0. The van der Waals surface area contributed by atoms with Crippen LogP contribution < -0.4 is 0 Å².